The molecule has 3 aromatic carbocycles. The number of hydrogen-bond donors (Lipinski definition) is 3. The van der Waals surface area contributed by atoms with Crippen LogP contribution < -0.4 is 10.6 Å². The van der Waals surface area contributed by atoms with Crippen LogP contribution in [-0.4, -0.2) is 58.8 Å². The first-order chi connectivity index (χ1) is 20.2. The number of alkyl carbamates (subject to hydrolysis) is 1. The summed E-state index contributed by atoms with van der Waals surface area (Å²) in [7, 11) is 0. The summed E-state index contributed by atoms with van der Waals surface area (Å²) in [4.78, 5) is 40.7. The van der Waals surface area contributed by atoms with Crippen molar-refractivity contribution in [2.24, 2.45) is 0 Å². The summed E-state index contributed by atoms with van der Waals surface area (Å²) in [6.07, 6.45) is 0.712. The molecule has 1 fully saturated rings. The number of amides is 2. The molecule has 2 amide bonds. The van der Waals surface area contributed by atoms with Crippen LogP contribution in [0.25, 0.3) is 11.1 Å². The molecule has 0 radical (unpaired) electrons. The molecule has 3 aromatic rings. The monoisotopic (exact) mass is 569 g/mol. The number of hydrogen-bond acceptors (Lipinski definition) is 5. The minimum atomic E-state index is -1.38. The average molecular weight is 570 g/mol. The molecule has 1 unspecified atom stereocenters. The van der Waals surface area contributed by atoms with Gasteiger partial charge in [0, 0.05) is 32.0 Å². The summed E-state index contributed by atoms with van der Waals surface area (Å²) >= 11 is 0. The van der Waals surface area contributed by atoms with Crippen molar-refractivity contribution in [2.45, 2.75) is 63.1 Å². The van der Waals surface area contributed by atoms with Crippen LogP contribution in [-0.2, 0) is 20.9 Å². The highest BCUT2D eigenvalue weighted by atomic mass is 16.5. The van der Waals surface area contributed by atoms with Crippen LogP contribution in [0.15, 0.2) is 78.9 Å². The Balaban J connectivity index is 1.28. The third-order valence-corrected chi connectivity index (χ3v) is 8.87. The van der Waals surface area contributed by atoms with Gasteiger partial charge in [-0.2, -0.15) is 0 Å². The van der Waals surface area contributed by atoms with Gasteiger partial charge in [0.05, 0.1) is 5.54 Å². The number of likely N-dealkylation sites (tertiary alicyclic amines) is 1. The lowest BCUT2D eigenvalue weighted by atomic mass is 9.83. The van der Waals surface area contributed by atoms with E-state index in [1.165, 1.54) is 12.5 Å². The molecule has 1 saturated heterocycles. The second-order valence-corrected chi connectivity index (χ2v) is 11.7. The van der Waals surface area contributed by atoms with Crippen molar-refractivity contribution in [1.29, 1.82) is 0 Å². The molecule has 8 nitrogen and oxygen atoms in total. The number of carbonyl (C=O) groups is 3. The van der Waals surface area contributed by atoms with E-state index in [1.807, 2.05) is 42.5 Å². The normalized spacial score (nSPS) is 17.4. The molecule has 220 valence electrons. The fourth-order valence-corrected chi connectivity index (χ4v) is 6.13. The first-order valence-corrected chi connectivity index (χ1v) is 14.7. The minimum absolute atomic E-state index is 0.0285. The van der Waals surface area contributed by atoms with Crippen LogP contribution in [0.5, 0.6) is 0 Å². The lowest BCUT2D eigenvalue weighted by molar-refractivity contribution is -0.147. The summed E-state index contributed by atoms with van der Waals surface area (Å²) in [5.74, 6) is -1.57. The summed E-state index contributed by atoms with van der Waals surface area (Å²) < 4.78 is 5.84. The average Bonchev–Trinajstić information content (AvgIpc) is 3.31. The molecule has 1 heterocycles. The maximum absolute atomic E-state index is 13.3. The van der Waals surface area contributed by atoms with E-state index in [0.29, 0.717) is 25.9 Å². The third-order valence-electron chi connectivity index (χ3n) is 8.87. The van der Waals surface area contributed by atoms with E-state index in [9.17, 15) is 19.5 Å². The lowest BCUT2D eigenvalue weighted by Crippen LogP contribution is -2.59. The van der Waals surface area contributed by atoms with E-state index >= 15 is 0 Å². The number of carboxylic acids is 1. The van der Waals surface area contributed by atoms with Crippen molar-refractivity contribution in [3.05, 3.63) is 95.6 Å². The zero-order valence-corrected chi connectivity index (χ0v) is 24.3. The van der Waals surface area contributed by atoms with Gasteiger partial charge in [-0.1, -0.05) is 85.8 Å². The number of carbonyl (C=O) groups excluding carboxylic acids is 2. The van der Waals surface area contributed by atoms with E-state index in [-0.39, 0.29) is 25.4 Å². The van der Waals surface area contributed by atoms with Crippen LogP contribution in [0, 0.1) is 0 Å². The van der Waals surface area contributed by atoms with Crippen molar-refractivity contribution in [3.8, 4) is 11.1 Å². The topological polar surface area (TPSA) is 108 Å². The number of nitrogens with one attached hydrogen (secondary N) is 2. The molecule has 1 atom stereocenters. The SMILES string of the molecule is CCC(C)(NC(=O)CC1(NC(=O)OCC2c3ccccc3-c3ccccc32)CCN(Cc2ccccc2)CC1)C(=O)O. The summed E-state index contributed by atoms with van der Waals surface area (Å²) in [5, 5.41) is 15.4. The Morgan fingerprint density at radius 3 is 2.07 bits per heavy atom. The number of carboxylic acid groups (broad SMARTS) is 1. The molecular weight excluding hydrogens is 530 g/mol. The highest BCUT2D eigenvalue weighted by molar-refractivity contribution is 5.87. The quantitative estimate of drug-likeness (QED) is 0.305. The van der Waals surface area contributed by atoms with Crippen LogP contribution in [0.1, 0.15) is 62.1 Å². The molecular formula is C34H39N3O5. The molecule has 0 bridgehead atoms. The fraction of sp³-hybridized carbons (Fsp3) is 0.382. The Morgan fingerprint density at radius 2 is 1.50 bits per heavy atom. The Hall–Kier alpha value is -4.17. The predicted octanol–water partition coefficient (Wildman–Crippen LogP) is 5.32. The van der Waals surface area contributed by atoms with E-state index in [2.05, 4.69) is 51.9 Å². The number of piperidine rings is 1. The minimum Gasteiger partial charge on any atom is -0.480 e. The Bertz CT molecular complexity index is 1390. The van der Waals surface area contributed by atoms with Crippen molar-refractivity contribution in [1.82, 2.24) is 15.5 Å². The largest absolute Gasteiger partial charge is 0.480 e. The molecule has 1 aliphatic heterocycles. The highest BCUT2D eigenvalue weighted by Gasteiger charge is 2.41. The maximum atomic E-state index is 13.3. The summed E-state index contributed by atoms with van der Waals surface area (Å²) in [5.41, 5.74) is 3.53. The van der Waals surface area contributed by atoms with Gasteiger partial charge >= 0.3 is 12.1 Å². The van der Waals surface area contributed by atoms with Gasteiger partial charge in [-0.15, -0.1) is 0 Å². The molecule has 42 heavy (non-hydrogen) atoms. The zero-order chi connectivity index (χ0) is 29.7. The first kappa shape index (κ1) is 29.3. The number of benzene rings is 3. The highest BCUT2D eigenvalue weighted by Crippen LogP contribution is 2.44. The van der Waals surface area contributed by atoms with E-state index in [4.69, 9.17) is 4.74 Å². The fourth-order valence-electron chi connectivity index (χ4n) is 6.13. The van der Waals surface area contributed by atoms with Gasteiger partial charge in [-0.05, 0) is 54.0 Å². The van der Waals surface area contributed by atoms with E-state index in [0.717, 1.165) is 28.8 Å². The lowest BCUT2D eigenvalue weighted by Gasteiger charge is -2.42. The van der Waals surface area contributed by atoms with Gasteiger partial charge in [0.15, 0.2) is 0 Å². The molecule has 0 aromatic heterocycles. The Labute approximate surface area is 247 Å². The van der Waals surface area contributed by atoms with Crippen molar-refractivity contribution in [3.63, 3.8) is 0 Å². The second-order valence-electron chi connectivity index (χ2n) is 11.7. The number of fused-ring (bicyclic) bond motifs is 3. The van der Waals surface area contributed by atoms with Crippen LogP contribution in [0.4, 0.5) is 4.79 Å². The molecule has 3 N–H and O–H groups in total. The van der Waals surface area contributed by atoms with Gasteiger partial charge in [0.25, 0.3) is 0 Å². The number of rotatable bonds is 10. The third kappa shape index (κ3) is 6.34. The van der Waals surface area contributed by atoms with Crippen LogP contribution >= 0.6 is 0 Å². The van der Waals surface area contributed by atoms with Gasteiger partial charge in [0.1, 0.15) is 12.1 Å². The van der Waals surface area contributed by atoms with Gasteiger partial charge in [0.2, 0.25) is 5.91 Å². The van der Waals surface area contributed by atoms with Crippen molar-refractivity contribution < 1.29 is 24.2 Å². The smallest absolute Gasteiger partial charge is 0.407 e. The molecule has 2 aliphatic rings. The zero-order valence-electron chi connectivity index (χ0n) is 24.3. The number of aliphatic carboxylic acids is 1. The number of nitrogens with zero attached hydrogens (tertiary/aromatic N) is 1. The standard InChI is InChI=1S/C34H39N3O5/c1-3-33(2,31(39)40)35-30(38)21-34(17-19-37(20-18-34)22-24-11-5-4-6-12-24)36-32(41)42-23-29-27-15-9-7-13-25(27)26-14-8-10-16-28(26)29/h4-16,29H,3,17-23H2,1-2H3,(H,35,38)(H,36,41)(H,39,40). The van der Waals surface area contributed by atoms with E-state index in [1.54, 1.807) is 6.92 Å². The van der Waals surface area contributed by atoms with E-state index < -0.39 is 29.0 Å². The molecule has 5 rings (SSSR count). The predicted molar refractivity (Wildman–Crippen MR) is 161 cm³/mol. The van der Waals surface area contributed by atoms with Gasteiger partial charge in [-0.3, -0.25) is 9.69 Å². The van der Waals surface area contributed by atoms with Gasteiger partial charge in [-0.25, -0.2) is 9.59 Å². The van der Waals surface area contributed by atoms with Crippen molar-refractivity contribution >= 4 is 18.0 Å². The molecule has 8 heteroatoms. The second kappa shape index (κ2) is 12.4. The molecule has 1 aliphatic carbocycles. The first-order valence-electron chi connectivity index (χ1n) is 14.7. The van der Waals surface area contributed by atoms with Crippen LogP contribution in [0.2, 0.25) is 0 Å². The maximum Gasteiger partial charge on any atom is 0.407 e. The molecule has 0 saturated carbocycles. The van der Waals surface area contributed by atoms with Crippen molar-refractivity contribution in [2.75, 3.05) is 19.7 Å². The van der Waals surface area contributed by atoms with Crippen LogP contribution in [0.3, 0.4) is 0 Å². The Morgan fingerprint density at radius 1 is 0.929 bits per heavy atom. The number of ether oxygens (including phenoxy) is 1. The van der Waals surface area contributed by atoms with Gasteiger partial charge < -0.3 is 20.5 Å². The summed E-state index contributed by atoms with van der Waals surface area (Å²) in [6, 6.07) is 26.5. The summed E-state index contributed by atoms with van der Waals surface area (Å²) in [6.45, 7) is 5.53. The Kier molecular flexibility index (Phi) is 8.64. The molecule has 0 spiro atoms.